The van der Waals surface area contributed by atoms with Gasteiger partial charge in [0.25, 0.3) is 5.91 Å². The number of likely N-dealkylation sites (tertiary alicyclic amines) is 1. The van der Waals surface area contributed by atoms with E-state index in [1.165, 1.54) is 9.80 Å². The second kappa shape index (κ2) is 9.08. The molecule has 9 heteroatoms. The average Bonchev–Trinajstić information content (AvgIpc) is 3.15. The number of amides is 2. The predicted octanol–water partition coefficient (Wildman–Crippen LogP) is 2.34. The summed E-state index contributed by atoms with van der Waals surface area (Å²) in [5, 5.41) is 10.8. The summed E-state index contributed by atoms with van der Waals surface area (Å²) in [4.78, 5) is 44.4. The first kappa shape index (κ1) is 24.0. The Balaban J connectivity index is 1.68. The van der Waals surface area contributed by atoms with Crippen molar-refractivity contribution in [2.45, 2.75) is 44.1 Å². The molecule has 2 fully saturated rings. The number of carbonyl (C=O) groups is 3. The molecule has 0 aromatic heterocycles. The number of aliphatic hydroxyl groups excluding tert-OH is 1. The first-order chi connectivity index (χ1) is 16.9. The largest absolute Gasteiger partial charge is 0.461 e. The number of hydrogen-bond donors (Lipinski definition) is 1. The molecule has 7 atom stereocenters. The normalized spacial score (nSPS) is 33.5. The lowest BCUT2D eigenvalue weighted by atomic mass is 9.78. The van der Waals surface area contributed by atoms with E-state index in [0.717, 1.165) is 0 Å². The van der Waals surface area contributed by atoms with Gasteiger partial charge < -0.3 is 24.4 Å². The zero-order valence-electron chi connectivity index (χ0n) is 19.7. The highest BCUT2D eigenvalue weighted by molar-refractivity contribution is 6.34. The zero-order valence-corrected chi connectivity index (χ0v) is 20.4. The summed E-state index contributed by atoms with van der Waals surface area (Å²) in [5.41, 5.74) is -0.853. The number of esters is 1. The standard InChI is InChI=1S/C26H29ClN2O6/c1-3-15(2)18(14-30)29-22-24(32)28(17-9-5-4-8-16(17)27)12-7-11-26(22)21(23(29)31)20-19(35-26)10-6-13-34-25(20)33/h4-11,15,18-22,30H,3,12-14H2,1-2H3/t15-,18-,19-,20+,21-,22?,26-/m0/s1. The zero-order chi connectivity index (χ0) is 24.9. The fourth-order valence-corrected chi connectivity index (χ4v) is 6.20. The topological polar surface area (TPSA) is 96.4 Å². The Morgan fingerprint density at radius 3 is 2.69 bits per heavy atom. The lowest BCUT2D eigenvalue weighted by Gasteiger charge is -2.40. The molecule has 35 heavy (non-hydrogen) atoms. The monoisotopic (exact) mass is 500 g/mol. The summed E-state index contributed by atoms with van der Waals surface area (Å²) in [5.74, 6) is -3.19. The van der Waals surface area contributed by atoms with Crippen LogP contribution in [-0.4, -0.2) is 71.3 Å². The molecule has 1 aromatic rings. The minimum Gasteiger partial charge on any atom is -0.461 e. The van der Waals surface area contributed by atoms with Crippen molar-refractivity contribution in [3.8, 4) is 0 Å². The number of hydrogen-bond acceptors (Lipinski definition) is 6. The predicted molar refractivity (Wildman–Crippen MR) is 129 cm³/mol. The van der Waals surface area contributed by atoms with Crippen LogP contribution in [0, 0.1) is 17.8 Å². The van der Waals surface area contributed by atoms with E-state index in [0.29, 0.717) is 17.1 Å². The van der Waals surface area contributed by atoms with Crippen LogP contribution in [0.1, 0.15) is 20.3 Å². The quantitative estimate of drug-likeness (QED) is 0.492. The molecule has 0 bridgehead atoms. The molecule has 1 N–H and O–H groups in total. The van der Waals surface area contributed by atoms with Gasteiger partial charge in [-0.2, -0.15) is 0 Å². The maximum absolute atomic E-state index is 14.3. The van der Waals surface area contributed by atoms with Crippen molar-refractivity contribution in [1.82, 2.24) is 4.90 Å². The van der Waals surface area contributed by atoms with Crippen LogP contribution in [0.2, 0.25) is 5.02 Å². The maximum Gasteiger partial charge on any atom is 0.313 e. The molecule has 0 saturated carbocycles. The summed E-state index contributed by atoms with van der Waals surface area (Å²) < 4.78 is 11.8. The first-order valence-corrected chi connectivity index (χ1v) is 12.4. The summed E-state index contributed by atoms with van der Waals surface area (Å²) in [7, 11) is 0. The fourth-order valence-electron chi connectivity index (χ4n) is 5.97. The Labute approximate surface area is 209 Å². The van der Waals surface area contributed by atoms with Gasteiger partial charge in [0, 0.05) is 6.54 Å². The van der Waals surface area contributed by atoms with E-state index < -0.39 is 41.6 Å². The van der Waals surface area contributed by atoms with Crippen LogP contribution in [-0.2, 0) is 23.9 Å². The van der Waals surface area contributed by atoms with Crippen molar-refractivity contribution in [2.24, 2.45) is 17.8 Å². The van der Waals surface area contributed by atoms with Crippen LogP contribution >= 0.6 is 11.6 Å². The van der Waals surface area contributed by atoms with E-state index in [2.05, 4.69) is 0 Å². The third kappa shape index (κ3) is 3.53. The maximum atomic E-state index is 14.3. The number of carbonyl (C=O) groups excluding carboxylic acids is 3. The molecular formula is C26H29ClN2O6. The number of para-hydroxylation sites is 1. The Morgan fingerprint density at radius 1 is 1.20 bits per heavy atom. The van der Waals surface area contributed by atoms with Gasteiger partial charge in [0.05, 0.1) is 35.4 Å². The van der Waals surface area contributed by atoms with Crippen molar-refractivity contribution < 1.29 is 29.0 Å². The number of aliphatic hydroxyl groups is 1. The van der Waals surface area contributed by atoms with Gasteiger partial charge in [-0.3, -0.25) is 14.4 Å². The van der Waals surface area contributed by atoms with Crippen molar-refractivity contribution in [2.75, 3.05) is 24.7 Å². The highest BCUT2D eigenvalue weighted by Gasteiger charge is 2.72. The number of cyclic esters (lactones) is 1. The summed E-state index contributed by atoms with van der Waals surface area (Å²) in [6, 6.07) is 5.33. The Bertz CT molecular complexity index is 1110. The van der Waals surface area contributed by atoms with Crippen LogP contribution in [0.4, 0.5) is 5.69 Å². The van der Waals surface area contributed by atoms with Crippen molar-refractivity contribution >= 4 is 35.1 Å². The minimum atomic E-state index is -1.37. The number of ether oxygens (including phenoxy) is 2. The lowest BCUT2D eigenvalue weighted by Crippen LogP contribution is -2.59. The second-order valence-electron chi connectivity index (χ2n) is 9.58. The Hall–Kier alpha value is -2.68. The van der Waals surface area contributed by atoms with E-state index in [-0.39, 0.29) is 37.5 Å². The molecule has 5 rings (SSSR count). The highest BCUT2D eigenvalue weighted by Crippen LogP contribution is 2.54. The Kier molecular flexibility index (Phi) is 6.23. The molecule has 2 saturated heterocycles. The van der Waals surface area contributed by atoms with Gasteiger partial charge in [-0.15, -0.1) is 0 Å². The van der Waals surface area contributed by atoms with Gasteiger partial charge in [-0.1, -0.05) is 62.2 Å². The summed E-state index contributed by atoms with van der Waals surface area (Å²) in [6.07, 6.45) is 6.99. The van der Waals surface area contributed by atoms with E-state index >= 15 is 0 Å². The van der Waals surface area contributed by atoms with Crippen LogP contribution in [0.3, 0.4) is 0 Å². The van der Waals surface area contributed by atoms with E-state index in [1.807, 2.05) is 13.8 Å². The molecule has 1 spiro atoms. The molecule has 1 unspecified atom stereocenters. The van der Waals surface area contributed by atoms with Gasteiger partial charge in [-0.25, -0.2) is 0 Å². The minimum absolute atomic E-state index is 0.0922. The van der Waals surface area contributed by atoms with E-state index in [1.54, 1.807) is 48.6 Å². The number of rotatable bonds is 5. The van der Waals surface area contributed by atoms with Gasteiger partial charge in [0.15, 0.2) is 0 Å². The molecule has 0 aliphatic carbocycles. The SMILES string of the molecule is CC[C@H](C)[C@H](CO)N1C(=O)[C@@H]2[C@@H]3C(=O)OCC=C[C@@H]3O[C@@]23C=CCN(c2ccccc2Cl)C(=O)C13. The van der Waals surface area contributed by atoms with Crippen LogP contribution in [0.25, 0.3) is 0 Å². The number of benzene rings is 1. The molecule has 8 nitrogen and oxygen atoms in total. The van der Waals surface area contributed by atoms with Crippen molar-refractivity contribution in [1.29, 1.82) is 0 Å². The van der Waals surface area contributed by atoms with Gasteiger partial charge in [-0.05, 0) is 24.1 Å². The lowest BCUT2D eigenvalue weighted by molar-refractivity contribution is -0.154. The smallest absolute Gasteiger partial charge is 0.313 e. The van der Waals surface area contributed by atoms with Crippen LogP contribution < -0.4 is 4.90 Å². The molecule has 0 radical (unpaired) electrons. The molecule has 2 amide bonds. The first-order valence-electron chi connectivity index (χ1n) is 12.0. The van der Waals surface area contributed by atoms with Crippen molar-refractivity contribution in [3.05, 3.63) is 53.6 Å². The number of halogens is 1. The summed E-state index contributed by atoms with van der Waals surface area (Å²) >= 11 is 6.45. The number of nitrogens with zero attached hydrogens (tertiary/aromatic N) is 2. The molecular weight excluding hydrogens is 472 g/mol. The summed E-state index contributed by atoms with van der Waals surface area (Å²) in [6.45, 7) is 3.92. The molecule has 186 valence electrons. The number of fused-ring (bicyclic) bond motifs is 2. The fraction of sp³-hybridized carbons (Fsp3) is 0.500. The number of anilines is 1. The van der Waals surface area contributed by atoms with Gasteiger partial charge in [0.2, 0.25) is 5.91 Å². The molecule has 1 aromatic carbocycles. The third-order valence-electron chi connectivity index (χ3n) is 7.84. The van der Waals surface area contributed by atoms with Gasteiger partial charge >= 0.3 is 5.97 Å². The highest BCUT2D eigenvalue weighted by atomic mass is 35.5. The Morgan fingerprint density at radius 2 is 1.97 bits per heavy atom. The molecule has 4 aliphatic rings. The van der Waals surface area contributed by atoms with Crippen molar-refractivity contribution in [3.63, 3.8) is 0 Å². The molecule has 4 heterocycles. The average molecular weight is 501 g/mol. The third-order valence-corrected chi connectivity index (χ3v) is 8.16. The molecule has 4 aliphatic heterocycles. The van der Waals surface area contributed by atoms with Crippen LogP contribution in [0.15, 0.2) is 48.6 Å². The van der Waals surface area contributed by atoms with Gasteiger partial charge in [0.1, 0.15) is 24.2 Å². The van der Waals surface area contributed by atoms with E-state index in [9.17, 15) is 19.5 Å². The van der Waals surface area contributed by atoms with Crippen LogP contribution in [0.5, 0.6) is 0 Å². The second-order valence-corrected chi connectivity index (χ2v) is 9.99. The van der Waals surface area contributed by atoms with E-state index in [4.69, 9.17) is 21.1 Å².